The number of thiazole rings is 1. The fourth-order valence-electron chi connectivity index (χ4n) is 4.03. The molecule has 31 heavy (non-hydrogen) atoms. The average Bonchev–Trinajstić information content (AvgIpc) is 3.41. The van der Waals surface area contributed by atoms with E-state index in [0.717, 1.165) is 6.42 Å². The fourth-order valence-corrected chi connectivity index (χ4v) is 4.61. The van der Waals surface area contributed by atoms with Gasteiger partial charge in [-0.3, -0.25) is 19.3 Å². The first-order valence-corrected chi connectivity index (χ1v) is 11.2. The molecule has 11 heteroatoms. The van der Waals surface area contributed by atoms with E-state index < -0.39 is 48.0 Å². The predicted molar refractivity (Wildman–Crippen MR) is 113 cm³/mol. The normalized spacial score (nSPS) is 25.1. The van der Waals surface area contributed by atoms with Crippen molar-refractivity contribution >= 4 is 35.2 Å². The summed E-state index contributed by atoms with van der Waals surface area (Å²) < 4.78 is 4.98. The smallest absolute Gasteiger partial charge is 0.408 e. The van der Waals surface area contributed by atoms with Crippen molar-refractivity contribution in [3.8, 4) is 0 Å². The lowest BCUT2D eigenvalue weighted by Crippen LogP contribution is -2.61. The molecule has 2 fully saturated rings. The molecule has 4 amide bonds. The second kappa shape index (κ2) is 9.01. The number of amides is 4. The fraction of sp³-hybridized carbons (Fsp3) is 0.650. The van der Waals surface area contributed by atoms with E-state index in [2.05, 4.69) is 10.3 Å². The zero-order chi connectivity index (χ0) is 22.9. The molecule has 0 aromatic carbocycles. The lowest BCUT2D eigenvalue weighted by Gasteiger charge is -2.38. The number of aromatic nitrogens is 1. The van der Waals surface area contributed by atoms with Crippen molar-refractivity contribution in [1.29, 1.82) is 0 Å². The number of rotatable bonds is 5. The van der Waals surface area contributed by atoms with Gasteiger partial charge in [-0.05, 0) is 47.1 Å². The van der Waals surface area contributed by atoms with Crippen LogP contribution in [0.5, 0.6) is 0 Å². The van der Waals surface area contributed by atoms with Gasteiger partial charge in [-0.25, -0.2) is 14.7 Å². The highest BCUT2D eigenvalue weighted by Crippen LogP contribution is 2.28. The van der Waals surface area contributed by atoms with E-state index in [1.165, 1.54) is 18.3 Å². The quantitative estimate of drug-likeness (QED) is 0.623. The van der Waals surface area contributed by atoms with Gasteiger partial charge >= 0.3 is 6.09 Å². The summed E-state index contributed by atoms with van der Waals surface area (Å²) in [5, 5.41) is 4.14. The minimum atomic E-state index is -1.14. The van der Waals surface area contributed by atoms with Crippen LogP contribution in [0, 0.1) is 0 Å². The summed E-state index contributed by atoms with van der Waals surface area (Å²) in [6.45, 7) is 8.15. The molecule has 170 valence electrons. The summed E-state index contributed by atoms with van der Waals surface area (Å²) >= 11 is 1.36. The molecule has 3 rings (SSSR count). The Hall–Kier alpha value is -2.37. The van der Waals surface area contributed by atoms with Crippen molar-refractivity contribution in [2.75, 3.05) is 6.54 Å². The van der Waals surface area contributed by atoms with Crippen molar-refractivity contribution in [1.82, 2.24) is 20.1 Å². The number of carbonyl (C=O) groups excluding carboxylic acids is 4. The first-order chi connectivity index (χ1) is 14.5. The van der Waals surface area contributed by atoms with E-state index in [-0.39, 0.29) is 12.0 Å². The second-order valence-electron chi connectivity index (χ2n) is 8.90. The number of nitrogens with one attached hydrogen (secondary N) is 1. The van der Waals surface area contributed by atoms with Gasteiger partial charge in [0.1, 0.15) is 12.1 Å². The molecule has 1 aromatic rings. The molecule has 0 aliphatic carbocycles. The number of imide groups is 3. The van der Waals surface area contributed by atoms with Crippen LogP contribution in [0.15, 0.2) is 10.9 Å². The number of cyclic esters (lactones) is 1. The highest BCUT2D eigenvalue weighted by atomic mass is 32.1. The molecular weight excluding hydrogens is 422 g/mol. The third-order valence-corrected chi connectivity index (χ3v) is 6.23. The minimum Gasteiger partial charge on any atom is -0.444 e. The third kappa shape index (κ3) is 4.94. The first kappa shape index (κ1) is 23.3. The van der Waals surface area contributed by atoms with E-state index in [9.17, 15) is 19.2 Å². The molecule has 3 heterocycles. The summed E-state index contributed by atoms with van der Waals surface area (Å²) in [5.41, 5.74) is 8.00. The summed E-state index contributed by atoms with van der Waals surface area (Å²) in [6.07, 6.45) is -0.197. The topological polar surface area (TPSA) is 135 Å². The molecule has 2 aliphatic heterocycles. The minimum absolute atomic E-state index is 0.0934. The van der Waals surface area contributed by atoms with Gasteiger partial charge in [0.05, 0.1) is 23.3 Å². The maximum atomic E-state index is 13.6. The highest BCUT2D eigenvalue weighted by molar-refractivity contribution is 7.07. The number of hydrogen-bond acceptors (Lipinski definition) is 9. The zero-order valence-corrected chi connectivity index (χ0v) is 19.0. The Kier molecular flexibility index (Phi) is 6.77. The van der Waals surface area contributed by atoms with Crippen molar-refractivity contribution in [2.24, 2.45) is 5.73 Å². The van der Waals surface area contributed by atoms with Crippen LogP contribution < -0.4 is 11.1 Å². The lowest BCUT2D eigenvalue weighted by molar-refractivity contribution is -0.159. The van der Waals surface area contributed by atoms with Crippen LogP contribution in [0.4, 0.5) is 4.79 Å². The molecule has 2 aliphatic rings. The van der Waals surface area contributed by atoms with Gasteiger partial charge in [-0.1, -0.05) is 0 Å². The molecule has 2 saturated heterocycles. The molecule has 0 unspecified atom stereocenters. The monoisotopic (exact) mass is 451 g/mol. The highest BCUT2D eigenvalue weighted by Gasteiger charge is 2.48. The second-order valence-corrected chi connectivity index (χ2v) is 9.61. The number of nitrogens with two attached hydrogens (primary N) is 1. The van der Waals surface area contributed by atoms with Gasteiger partial charge in [0.25, 0.3) is 17.7 Å². The summed E-state index contributed by atoms with van der Waals surface area (Å²) in [4.78, 5) is 58.5. The van der Waals surface area contributed by atoms with Crippen molar-refractivity contribution in [3.05, 3.63) is 16.6 Å². The maximum absolute atomic E-state index is 13.6. The molecule has 3 N–H and O–H groups in total. The molecule has 10 nitrogen and oxygen atoms in total. The SMILES string of the molecule is C[C@@H]1OC(=O)N[C@@H]1C(=O)N(C(=O)[C@@H](N)Cc1cscn1)C(=O)[C@@H]1CCCN1C(C)(C)C. The Morgan fingerprint density at radius 1 is 1.39 bits per heavy atom. The van der Waals surface area contributed by atoms with Gasteiger partial charge in [0, 0.05) is 17.3 Å². The largest absolute Gasteiger partial charge is 0.444 e. The average molecular weight is 452 g/mol. The number of hydrogen-bond donors (Lipinski definition) is 2. The van der Waals surface area contributed by atoms with Crippen molar-refractivity contribution in [3.63, 3.8) is 0 Å². The Morgan fingerprint density at radius 3 is 2.65 bits per heavy atom. The van der Waals surface area contributed by atoms with E-state index in [1.54, 1.807) is 10.9 Å². The van der Waals surface area contributed by atoms with E-state index >= 15 is 0 Å². The Bertz CT molecular complexity index is 853. The number of carbonyl (C=O) groups is 4. The molecule has 0 radical (unpaired) electrons. The summed E-state index contributed by atoms with van der Waals surface area (Å²) in [7, 11) is 0. The van der Waals surface area contributed by atoms with Crippen LogP contribution in [0.25, 0.3) is 0 Å². The molecule has 1 aromatic heterocycles. The van der Waals surface area contributed by atoms with E-state index in [4.69, 9.17) is 10.5 Å². The van der Waals surface area contributed by atoms with Crippen LogP contribution in [0.3, 0.4) is 0 Å². The summed E-state index contributed by atoms with van der Waals surface area (Å²) in [5.74, 6) is -2.26. The van der Waals surface area contributed by atoms with Crippen LogP contribution in [-0.2, 0) is 25.5 Å². The molecular formula is C20H29N5O5S. The first-order valence-electron chi connectivity index (χ1n) is 10.3. The Morgan fingerprint density at radius 2 is 2.10 bits per heavy atom. The van der Waals surface area contributed by atoms with E-state index in [0.29, 0.717) is 23.6 Å². The Labute approximate surface area is 185 Å². The Balaban J connectivity index is 1.89. The van der Waals surface area contributed by atoms with Crippen LogP contribution >= 0.6 is 11.3 Å². The number of nitrogens with zero attached hydrogens (tertiary/aromatic N) is 3. The number of likely N-dealkylation sites (tertiary alicyclic amines) is 1. The lowest BCUT2D eigenvalue weighted by atomic mass is 10.0. The van der Waals surface area contributed by atoms with Crippen LogP contribution in [0.2, 0.25) is 0 Å². The van der Waals surface area contributed by atoms with Crippen molar-refractivity contribution < 1.29 is 23.9 Å². The van der Waals surface area contributed by atoms with Gasteiger partial charge in [-0.15, -0.1) is 11.3 Å². The number of ether oxygens (including phenoxy) is 1. The molecule has 0 bridgehead atoms. The van der Waals surface area contributed by atoms with Crippen LogP contribution in [0.1, 0.15) is 46.2 Å². The van der Waals surface area contributed by atoms with Gasteiger partial charge in [-0.2, -0.15) is 0 Å². The molecule has 0 spiro atoms. The number of alkyl carbamates (subject to hydrolysis) is 1. The molecule has 4 atom stereocenters. The van der Waals surface area contributed by atoms with Gasteiger partial charge in [0.2, 0.25) is 0 Å². The standard InChI is InChI=1S/C20H29N5O5S/c1-11-15(23-19(29)30-11)18(28)25(16(26)13(21)8-12-9-31-10-22-12)17(27)14-6-5-7-24(14)20(2,3)4/h9-11,13-15H,5-8,21H2,1-4H3,(H,23,29)/t11-,13-,14-,15-/m0/s1. The van der Waals surface area contributed by atoms with Crippen LogP contribution in [-0.4, -0.2) is 74.9 Å². The predicted octanol–water partition coefficient (Wildman–Crippen LogP) is 0.655. The van der Waals surface area contributed by atoms with Gasteiger partial charge < -0.3 is 15.8 Å². The van der Waals surface area contributed by atoms with E-state index in [1.807, 2.05) is 25.7 Å². The summed E-state index contributed by atoms with van der Waals surface area (Å²) in [6, 6.07) is -2.91. The van der Waals surface area contributed by atoms with Gasteiger partial charge in [0.15, 0.2) is 0 Å². The third-order valence-electron chi connectivity index (χ3n) is 5.59. The van der Waals surface area contributed by atoms with Crippen molar-refractivity contribution in [2.45, 2.75) is 76.7 Å². The zero-order valence-electron chi connectivity index (χ0n) is 18.2. The maximum Gasteiger partial charge on any atom is 0.408 e. The molecule has 0 saturated carbocycles.